The molecular formula is C12H11NO6. The fourth-order valence-electron chi connectivity index (χ4n) is 1.66. The van der Waals surface area contributed by atoms with E-state index < -0.39 is 17.0 Å². The van der Waals surface area contributed by atoms with Crippen LogP contribution in [-0.4, -0.2) is 36.0 Å². The van der Waals surface area contributed by atoms with Crippen molar-refractivity contribution in [2.24, 2.45) is 0 Å². The van der Waals surface area contributed by atoms with E-state index in [0.29, 0.717) is 0 Å². The van der Waals surface area contributed by atoms with Gasteiger partial charge in [-0.05, 0) is 12.1 Å². The molecule has 0 saturated carbocycles. The monoisotopic (exact) mass is 265 g/mol. The second-order valence-electron chi connectivity index (χ2n) is 4.08. The summed E-state index contributed by atoms with van der Waals surface area (Å²) < 4.78 is 10.1. The summed E-state index contributed by atoms with van der Waals surface area (Å²) in [6.07, 6.45) is -0.150. The van der Waals surface area contributed by atoms with Gasteiger partial charge in [-0.1, -0.05) is 0 Å². The molecule has 1 aromatic carbocycles. The highest BCUT2D eigenvalue weighted by molar-refractivity contribution is 5.89. The van der Waals surface area contributed by atoms with Crippen molar-refractivity contribution in [1.82, 2.24) is 0 Å². The highest BCUT2D eigenvalue weighted by atomic mass is 16.6. The van der Waals surface area contributed by atoms with Crippen LogP contribution in [0.3, 0.4) is 0 Å². The van der Waals surface area contributed by atoms with Gasteiger partial charge in [-0.3, -0.25) is 14.9 Å². The summed E-state index contributed by atoms with van der Waals surface area (Å²) in [5.74, 6) is -0.616. The molecule has 1 aliphatic heterocycles. The molecule has 1 atom stereocenters. The molecule has 1 aromatic rings. The summed E-state index contributed by atoms with van der Waals surface area (Å²) in [4.78, 5) is 32.5. The largest absolute Gasteiger partial charge is 0.459 e. The second kappa shape index (κ2) is 5.57. The van der Waals surface area contributed by atoms with Gasteiger partial charge in [0, 0.05) is 18.6 Å². The van der Waals surface area contributed by atoms with Gasteiger partial charge >= 0.3 is 5.97 Å². The Labute approximate surface area is 108 Å². The topological polar surface area (TPSA) is 95.7 Å². The molecule has 19 heavy (non-hydrogen) atoms. The summed E-state index contributed by atoms with van der Waals surface area (Å²) in [6, 6.07) is 5.10. The van der Waals surface area contributed by atoms with Crippen molar-refractivity contribution in [3.8, 4) is 0 Å². The third kappa shape index (κ3) is 3.35. The summed E-state index contributed by atoms with van der Waals surface area (Å²) >= 11 is 0. The van der Waals surface area contributed by atoms with Crippen molar-refractivity contribution in [1.29, 1.82) is 0 Å². The molecule has 0 aromatic heterocycles. The van der Waals surface area contributed by atoms with Gasteiger partial charge in [-0.2, -0.15) is 0 Å². The SMILES string of the molecule is O=C1COC(COC(=O)c2ccc([N+](=O)[O-])cc2)C1. The lowest BCUT2D eigenvalue weighted by atomic mass is 10.2. The quantitative estimate of drug-likeness (QED) is 0.459. The number of esters is 1. The van der Waals surface area contributed by atoms with Gasteiger partial charge in [0.25, 0.3) is 5.69 Å². The summed E-state index contributed by atoms with van der Waals surface area (Å²) in [6.45, 7) is 0.0569. The van der Waals surface area contributed by atoms with Gasteiger partial charge in [-0.25, -0.2) is 4.79 Å². The standard InChI is InChI=1S/C12H11NO6/c14-10-5-11(18-6-10)7-19-12(15)8-1-3-9(4-2-8)13(16)17/h1-4,11H,5-7H2. The van der Waals surface area contributed by atoms with Crippen LogP contribution in [0.4, 0.5) is 5.69 Å². The molecule has 0 aliphatic carbocycles. The number of nitrogens with zero attached hydrogens (tertiary/aromatic N) is 1. The van der Waals surface area contributed by atoms with Crippen molar-refractivity contribution in [2.75, 3.05) is 13.2 Å². The maximum Gasteiger partial charge on any atom is 0.338 e. The van der Waals surface area contributed by atoms with Crippen molar-refractivity contribution >= 4 is 17.4 Å². The Morgan fingerprint density at radius 3 is 2.63 bits per heavy atom. The van der Waals surface area contributed by atoms with Crippen molar-refractivity contribution < 1.29 is 24.0 Å². The number of hydrogen-bond donors (Lipinski definition) is 0. The maximum absolute atomic E-state index is 11.6. The smallest absolute Gasteiger partial charge is 0.338 e. The van der Waals surface area contributed by atoms with Gasteiger partial charge in [0.15, 0.2) is 5.78 Å². The van der Waals surface area contributed by atoms with Crippen molar-refractivity contribution in [3.05, 3.63) is 39.9 Å². The normalized spacial score (nSPS) is 18.3. The number of benzene rings is 1. The summed E-state index contributed by atoms with van der Waals surface area (Å²) in [5.41, 5.74) is 0.121. The van der Waals surface area contributed by atoms with Crippen LogP contribution in [0, 0.1) is 10.1 Å². The fraction of sp³-hybridized carbons (Fsp3) is 0.333. The van der Waals surface area contributed by atoms with E-state index in [4.69, 9.17) is 9.47 Å². The number of ketones is 1. The molecule has 2 rings (SSSR count). The zero-order chi connectivity index (χ0) is 13.8. The van der Waals surface area contributed by atoms with Crippen LogP contribution in [0.15, 0.2) is 24.3 Å². The predicted molar refractivity (Wildman–Crippen MR) is 62.7 cm³/mol. The first-order chi connectivity index (χ1) is 9.06. The fourth-order valence-corrected chi connectivity index (χ4v) is 1.66. The zero-order valence-electron chi connectivity index (χ0n) is 9.90. The highest BCUT2D eigenvalue weighted by Crippen LogP contribution is 2.14. The first kappa shape index (κ1) is 13.2. The lowest BCUT2D eigenvalue weighted by Crippen LogP contribution is -2.18. The van der Waals surface area contributed by atoms with E-state index in [9.17, 15) is 19.7 Å². The average Bonchev–Trinajstić information content (AvgIpc) is 2.82. The number of carbonyl (C=O) groups is 2. The third-order valence-corrected chi connectivity index (χ3v) is 2.65. The van der Waals surface area contributed by atoms with E-state index in [1.807, 2.05) is 0 Å². The first-order valence-electron chi connectivity index (χ1n) is 5.61. The van der Waals surface area contributed by atoms with Crippen molar-refractivity contribution in [3.63, 3.8) is 0 Å². The van der Waals surface area contributed by atoms with Crippen LogP contribution in [0.25, 0.3) is 0 Å². The molecular weight excluding hydrogens is 254 g/mol. The Hall–Kier alpha value is -2.28. The molecule has 7 heteroatoms. The summed E-state index contributed by atoms with van der Waals surface area (Å²) in [7, 11) is 0. The second-order valence-corrected chi connectivity index (χ2v) is 4.08. The molecule has 0 radical (unpaired) electrons. The van der Waals surface area contributed by atoms with Crippen LogP contribution in [-0.2, 0) is 14.3 Å². The van der Waals surface area contributed by atoms with Gasteiger partial charge in [0.2, 0.25) is 0 Å². The highest BCUT2D eigenvalue weighted by Gasteiger charge is 2.24. The Kier molecular flexibility index (Phi) is 3.86. The minimum Gasteiger partial charge on any atom is -0.459 e. The predicted octanol–water partition coefficient (Wildman–Crippen LogP) is 1.11. The zero-order valence-corrected chi connectivity index (χ0v) is 9.90. The van der Waals surface area contributed by atoms with E-state index in [2.05, 4.69) is 0 Å². The molecule has 1 aliphatic rings. The third-order valence-electron chi connectivity index (χ3n) is 2.65. The van der Waals surface area contributed by atoms with Crippen LogP contribution in [0.5, 0.6) is 0 Å². The van der Waals surface area contributed by atoms with Gasteiger partial charge in [-0.15, -0.1) is 0 Å². The van der Waals surface area contributed by atoms with E-state index in [1.165, 1.54) is 24.3 Å². The lowest BCUT2D eigenvalue weighted by molar-refractivity contribution is -0.384. The number of non-ortho nitro benzene ring substituents is 1. The van der Waals surface area contributed by atoms with Crippen LogP contribution >= 0.6 is 0 Å². The van der Waals surface area contributed by atoms with E-state index in [-0.39, 0.29) is 36.7 Å². The molecule has 0 spiro atoms. The molecule has 1 saturated heterocycles. The molecule has 1 heterocycles. The maximum atomic E-state index is 11.6. The minimum absolute atomic E-state index is 0.00155. The molecule has 1 fully saturated rings. The molecule has 0 amide bonds. The molecule has 0 bridgehead atoms. The minimum atomic E-state index is -0.599. The van der Waals surface area contributed by atoms with E-state index in [0.717, 1.165) is 0 Å². The number of Topliss-reactive ketones (excluding diaryl/α,β-unsaturated/α-hetero) is 1. The molecule has 7 nitrogen and oxygen atoms in total. The van der Waals surface area contributed by atoms with Gasteiger partial charge < -0.3 is 9.47 Å². The lowest BCUT2D eigenvalue weighted by Gasteiger charge is -2.09. The number of nitro benzene ring substituents is 1. The molecule has 1 unspecified atom stereocenters. The Morgan fingerprint density at radius 2 is 2.11 bits per heavy atom. The first-order valence-corrected chi connectivity index (χ1v) is 5.61. The van der Waals surface area contributed by atoms with Gasteiger partial charge in [0.1, 0.15) is 13.2 Å². The Bertz CT molecular complexity index is 509. The molecule has 0 N–H and O–H groups in total. The Balaban J connectivity index is 1.89. The van der Waals surface area contributed by atoms with Crippen molar-refractivity contribution in [2.45, 2.75) is 12.5 Å². The summed E-state index contributed by atoms with van der Waals surface area (Å²) in [5, 5.41) is 10.5. The number of rotatable bonds is 4. The Morgan fingerprint density at radius 1 is 1.42 bits per heavy atom. The van der Waals surface area contributed by atoms with Crippen LogP contribution in [0.1, 0.15) is 16.8 Å². The number of carbonyl (C=O) groups excluding carboxylic acids is 2. The number of hydrogen-bond acceptors (Lipinski definition) is 6. The van der Waals surface area contributed by atoms with E-state index in [1.54, 1.807) is 0 Å². The number of ether oxygens (including phenoxy) is 2. The number of nitro groups is 1. The van der Waals surface area contributed by atoms with E-state index >= 15 is 0 Å². The molecule has 100 valence electrons. The van der Waals surface area contributed by atoms with Gasteiger partial charge in [0.05, 0.1) is 16.6 Å². The van der Waals surface area contributed by atoms with Crippen LogP contribution < -0.4 is 0 Å². The average molecular weight is 265 g/mol. The van der Waals surface area contributed by atoms with Crippen LogP contribution in [0.2, 0.25) is 0 Å².